The van der Waals surface area contributed by atoms with E-state index in [4.69, 9.17) is 0 Å². The summed E-state index contributed by atoms with van der Waals surface area (Å²) in [5.41, 5.74) is 7.31. The molecule has 0 aromatic heterocycles. The Morgan fingerprint density at radius 1 is 0.939 bits per heavy atom. The number of hydrogen-bond acceptors (Lipinski definition) is 1. The molecular weight excluding hydrogens is 400 g/mol. The van der Waals surface area contributed by atoms with Crippen LogP contribution in [0.15, 0.2) is 102 Å². The first-order valence-corrected chi connectivity index (χ1v) is 12.4. The van der Waals surface area contributed by atoms with Gasteiger partial charge in [0.1, 0.15) is 0 Å². The maximum absolute atomic E-state index is 12.5. The van der Waals surface area contributed by atoms with E-state index in [-0.39, 0.29) is 11.7 Å². The van der Waals surface area contributed by atoms with Gasteiger partial charge < -0.3 is 0 Å². The molecule has 33 heavy (non-hydrogen) atoms. The first-order chi connectivity index (χ1) is 16.0. The summed E-state index contributed by atoms with van der Waals surface area (Å²) in [6, 6.07) is 19.5. The third-order valence-corrected chi connectivity index (χ3v) is 7.34. The van der Waals surface area contributed by atoms with Gasteiger partial charge in [0.05, 0.1) is 5.92 Å². The minimum atomic E-state index is -0.173. The summed E-state index contributed by atoms with van der Waals surface area (Å²) >= 11 is 0. The fourth-order valence-electron chi connectivity index (χ4n) is 5.12. The van der Waals surface area contributed by atoms with Crippen LogP contribution in [0.3, 0.4) is 0 Å². The van der Waals surface area contributed by atoms with Crippen molar-refractivity contribution in [2.75, 3.05) is 0 Å². The fraction of sp³-hybridized carbons (Fsp3) is 0.344. The lowest BCUT2D eigenvalue weighted by Crippen LogP contribution is -2.21. The Balaban J connectivity index is 1.39. The lowest BCUT2D eigenvalue weighted by atomic mass is 9.79. The van der Waals surface area contributed by atoms with Gasteiger partial charge in [-0.05, 0) is 78.4 Å². The third-order valence-electron chi connectivity index (χ3n) is 7.34. The van der Waals surface area contributed by atoms with Crippen LogP contribution in [0.5, 0.6) is 0 Å². The molecule has 2 aromatic carbocycles. The van der Waals surface area contributed by atoms with Crippen molar-refractivity contribution in [1.82, 2.24) is 0 Å². The number of carbonyl (C=O) groups is 1. The Labute approximate surface area is 199 Å². The molecule has 0 spiro atoms. The molecule has 2 aliphatic rings. The van der Waals surface area contributed by atoms with Crippen molar-refractivity contribution in [2.24, 2.45) is 11.8 Å². The number of hydrogen-bond donors (Lipinski definition) is 0. The number of allylic oxidation sites excluding steroid dienone is 7. The predicted octanol–water partition coefficient (Wildman–Crippen LogP) is 7.95. The van der Waals surface area contributed by atoms with Gasteiger partial charge in [-0.15, -0.1) is 0 Å². The Morgan fingerprint density at radius 2 is 1.64 bits per heavy atom. The molecule has 0 heterocycles. The molecule has 2 aromatic rings. The average Bonchev–Trinajstić information content (AvgIpc) is 2.83. The highest BCUT2D eigenvalue weighted by molar-refractivity contribution is 5.97. The molecule has 0 radical (unpaired) electrons. The van der Waals surface area contributed by atoms with E-state index in [1.54, 1.807) is 6.08 Å². The second-order valence-corrected chi connectivity index (χ2v) is 10.0. The Kier molecular flexibility index (Phi) is 7.60. The molecular formula is C32H36O. The van der Waals surface area contributed by atoms with Gasteiger partial charge in [0.2, 0.25) is 0 Å². The topological polar surface area (TPSA) is 17.1 Å². The zero-order chi connectivity index (χ0) is 23.2. The predicted molar refractivity (Wildman–Crippen MR) is 139 cm³/mol. The second-order valence-electron chi connectivity index (χ2n) is 10.0. The molecule has 4 rings (SSSR count). The van der Waals surface area contributed by atoms with Gasteiger partial charge in [-0.2, -0.15) is 0 Å². The number of rotatable bonds is 6. The highest BCUT2D eigenvalue weighted by Gasteiger charge is 2.25. The summed E-state index contributed by atoms with van der Waals surface area (Å²) in [4.78, 5) is 12.5. The van der Waals surface area contributed by atoms with Crippen molar-refractivity contribution >= 4 is 5.78 Å². The molecule has 1 nitrogen and oxygen atoms in total. The molecule has 170 valence electrons. The van der Waals surface area contributed by atoms with Crippen molar-refractivity contribution < 1.29 is 4.79 Å². The van der Waals surface area contributed by atoms with Crippen LogP contribution in [0.1, 0.15) is 62.1 Å². The summed E-state index contributed by atoms with van der Waals surface area (Å²) in [5, 5.41) is 0. The summed E-state index contributed by atoms with van der Waals surface area (Å²) < 4.78 is 0. The van der Waals surface area contributed by atoms with E-state index < -0.39 is 0 Å². The number of benzene rings is 2. The molecule has 0 saturated heterocycles. The Hall–Kier alpha value is -2.93. The van der Waals surface area contributed by atoms with Gasteiger partial charge in [-0.3, -0.25) is 4.79 Å². The van der Waals surface area contributed by atoms with Crippen molar-refractivity contribution in [1.29, 1.82) is 0 Å². The van der Waals surface area contributed by atoms with Gasteiger partial charge in [-0.1, -0.05) is 105 Å². The lowest BCUT2D eigenvalue weighted by molar-refractivity contribution is -0.117. The molecule has 0 bridgehead atoms. The standard InChI is InChI=1S/C32H36O/c1-23-9-15-29(16-10-23)30-17-12-27(13-18-30)21-24(2)11-14-28-19-20-32(33)31(25(28)3)22-26-7-5-4-6-8-26/h4-8,11-14,17-20,23,29,31H,3,9-10,15-16,21-22H2,1-2H3/b24-11+,28-14-. The summed E-state index contributed by atoms with van der Waals surface area (Å²) in [6.45, 7) is 8.83. The molecule has 2 aliphatic carbocycles. The highest BCUT2D eigenvalue weighted by Crippen LogP contribution is 2.35. The first-order valence-electron chi connectivity index (χ1n) is 12.4. The van der Waals surface area contributed by atoms with Gasteiger partial charge >= 0.3 is 0 Å². The summed E-state index contributed by atoms with van der Waals surface area (Å²) in [7, 11) is 0. The minimum Gasteiger partial charge on any atom is -0.294 e. The van der Waals surface area contributed by atoms with Crippen LogP contribution < -0.4 is 0 Å². The van der Waals surface area contributed by atoms with Crippen molar-refractivity contribution in [2.45, 2.75) is 58.3 Å². The average molecular weight is 437 g/mol. The molecule has 1 saturated carbocycles. The Morgan fingerprint density at radius 3 is 2.33 bits per heavy atom. The van der Waals surface area contributed by atoms with Crippen LogP contribution in [0.4, 0.5) is 0 Å². The lowest BCUT2D eigenvalue weighted by Gasteiger charge is -2.26. The molecule has 0 amide bonds. The second kappa shape index (κ2) is 10.8. The molecule has 0 N–H and O–H groups in total. The quantitative estimate of drug-likeness (QED) is 0.449. The molecule has 1 heteroatoms. The third kappa shape index (κ3) is 6.11. The van der Waals surface area contributed by atoms with Crippen molar-refractivity contribution in [3.63, 3.8) is 0 Å². The van der Waals surface area contributed by atoms with Crippen LogP contribution in [0.25, 0.3) is 0 Å². The van der Waals surface area contributed by atoms with E-state index in [1.165, 1.54) is 47.9 Å². The van der Waals surface area contributed by atoms with Crippen molar-refractivity contribution in [3.8, 4) is 0 Å². The van der Waals surface area contributed by atoms with E-state index >= 15 is 0 Å². The normalized spacial score (nSPS) is 25.0. The SMILES string of the molecule is C=C1/C(=C\C=C(/C)Cc2ccc(C3CCC(C)CC3)cc2)C=CC(=O)C1Cc1ccccc1. The summed E-state index contributed by atoms with van der Waals surface area (Å²) in [6.07, 6.45) is 14.9. The zero-order valence-corrected chi connectivity index (χ0v) is 20.1. The van der Waals surface area contributed by atoms with Crippen LogP contribution in [0.2, 0.25) is 0 Å². The molecule has 1 unspecified atom stereocenters. The monoisotopic (exact) mass is 436 g/mol. The fourth-order valence-corrected chi connectivity index (χ4v) is 5.12. The van der Waals surface area contributed by atoms with Gasteiger partial charge in [-0.25, -0.2) is 0 Å². The van der Waals surface area contributed by atoms with Gasteiger partial charge in [0, 0.05) is 0 Å². The largest absolute Gasteiger partial charge is 0.294 e. The van der Waals surface area contributed by atoms with Gasteiger partial charge in [0.25, 0.3) is 0 Å². The van der Waals surface area contributed by atoms with Crippen LogP contribution in [0, 0.1) is 11.8 Å². The van der Waals surface area contributed by atoms with Crippen LogP contribution >= 0.6 is 0 Å². The summed E-state index contributed by atoms with van der Waals surface area (Å²) in [5.74, 6) is 1.61. The van der Waals surface area contributed by atoms with E-state index in [9.17, 15) is 4.79 Å². The van der Waals surface area contributed by atoms with Crippen LogP contribution in [-0.2, 0) is 17.6 Å². The van der Waals surface area contributed by atoms with E-state index in [1.807, 2.05) is 24.3 Å². The maximum atomic E-state index is 12.5. The zero-order valence-electron chi connectivity index (χ0n) is 20.1. The first kappa shape index (κ1) is 23.2. The Bertz CT molecular complexity index is 1060. The molecule has 1 atom stereocenters. The van der Waals surface area contributed by atoms with E-state index in [0.29, 0.717) is 6.42 Å². The minimum absolute atomic E-state index is 0.147. The van der Waals surface area contributed by atoms with Crippen molar-refractivity contribution in [3.05, 3.63) is 119 Å². The molecule has 1 fully saturated rings. The van der Waals surface area contributed by atoms with E-state index in [0.717, 1.165) is 29.4 Å². The number of carbonyl (C=O) groups excluding carboxylic acids is 1. The highest BCUT2D eigenvalue weighted by atomic mass is 16.1. The van der Waals surface area contributed by atoms with Gasteiger partial charge in [0.15, 0.2) is 5.78 Å². The smallest absolute Gasteiger partial charge is 0.163 e. The van der Waals surface area contributed by atoms with E-state index in [2.05, 4.69) is 69.0 Å². The molecule has 0 aliphatic heterocycles. The maximum Gasteiger partial charge on any atom is 0.163 e. The van der Waals surface area contributed by atoms with Crippen LogP contribution in [-0.4, -0.2) is 5.78 Å². The number of ketones is 1.